The third kappa shape index (κ3) is 4.67. The molecule has 0 aromatic heterocycles. The molecule has 0 spiro atoms. The summed E-state index contributed by atoms with van der Waals surface area (Å²) >= 11 is 0. The van der Waals surface area contributed by atoms with Gasteiger partial charge in [0.1, 0.15) is 18.3 Å². The van der Waals surface area contributed by atoms with Crippen LogP contribution < -0.4 is 0 Å². The lowest BCUT2D eigenvalue weighted by atomic mass is 10.0. The van der Waals surface area contributed by atoms with Gasteiger partial charge in [0.25, 0.3) is 10.1 Å². The van der Waals surface area contributed by atoms with E-state index in [0.29, 0.717) is 0 Å². The summed E-state index contributed by atoms with van der Waals surface area (Å²) in [6, 6.07) is 6.38. The summed E-state index contributed by atoms with van der Waals surface area (Å²) in [7, 11) is -3.93. The number of carbonyl (C=O) groups is 1. The fraction of sp³-hybridized carbons (Fsp3) is 0.611. The Kier molecular flexibility index (Phi) is 5.60. The van der Waals surface area contributed by atoms with Crippen molar-refractivity contribution in [2.45, 2.75) is 62.8 Å². The number of hydrogen-bond acceptors (Lipinski definition) is 8. The summed E-state index contributed by atoms with van der Waals surface area (Å²) in [5.41, 5.74) is 0.947. The lowest BCUT2D eigenvalue weighted by molar-refractivity contribution is -0.183. The van der Waals surface area contributed by atoms with Gasteiger partial charge in [-0.05, 0) is 32.9 Å². The van der Waals surface area contributed by atoms with E-state index >= 15 is 0 Å². The Morgan fingerprint density at radius 1 is 1.19 bits per heavy atom. The minimum atomic E-state index is -3.93. The second-order valence-corrected chi connectivity index (χ2v) is 8.75. The van der Waals surface area contributed by atoms with Crippen molar-refractivity contribution >= 4 is 16.1 Å². The Hall–Kier alpha value is -1.52. The van der Waals surface area contributed by atoms with Crippen LogP contribution in [0.2, 0.25) is 0 Å². The van der Waals surface area contributed by atoms with Gasteiger partial charge >= 0.3 is 5.97 Å². The van der Waals surface area contributed by atoms with E-state index in [1.54, 1.807) is 26.0 Å². The largest absolute Gasteiger partial charge is 0.457 e. The first-order valence-electron chi connectivity index (χ1n) is 8.68. The molecule has 2 heterocycles. The lowest BCUT2D eigenvalue weighted by Crippen LogP contribution is -2.54. The molecular formula is C18H24O8S. The van der Waals surface area contributed by atoms with Gasteiger partial charge in [-0.15, -0.1) is 0 Å². The number of carbonyl (C=O) groups excluding carboxylic acids is 1. The van der Waals surface area contributed by atoms with Crippen LogP contribution in [0.4, 0.5) is 0 Å². The zero-order chi connectivity index (χ0) is 19.8. The van der Waals surface area contributed by atoms with Crippen LogP contribution in [0.1, 0.15) is 26.3 Å². The van der Waals surface area contributed by atoms with E-state index in [1.165, 1.54) is 19.1 Å². The van der Waals surface area contributed by atoms with Crippen molar-refractivity contribution in [1.82, 2.24) is 0 Å². The molecule has 150 valence electrons. The molecule has 4 unspecified atom stereocenters. The van der Waals surface area contributed by atoms with Crippen molar-refractivity contribution in [2.24, 2.45) is 0 Å². The van der Waals surface area contributed by atoms with Gasteiger partial charge in [0.05, 0.1) is 18.1 Å². The molecule has 2 fully saturated rings. The molecule has 1 aromatic carbocycles. The molecule has 2 saturated heterocycles. The number of rotatable bonds is 5. The molecule has 9 heteroatoms. The topological polar surface area (TPSA) is 97.4 Å². The quantitative estimate of drug-likeness (QED) is 0.542. The Labute approximate surface area is 158 Å². The zero-order valence-electron chi connectivity index (χ0n) is 15.7. The minimum Gasteiger partial charge on any atom is -0.457 e. The Bertz CT molecular complexity index is 786. The van der Waals surface area contributed by atoms with Gasteiger partial charge in [-0.3, -0.25) is 8.98 Å². The number of aryl methyl sites for hydroxylation is 1. The van der Waals surface area contributed by atoms with Crippen molar-refractivity contribution in [2.75, 3.05) is 13.2 Å². The van der Waals surface area contributed by atoms with Crippen LogP contribution in [0.25, 0.3) is 0 Å². The molecule has 2 aliphatic heterocycles. The molecular weight excluding hydrogens is 376 g/mol. The van der Waals surface area contributed by atoms with Crippen LogP contribution in [0.3, 0.4) is 0 Å². The molecule has 0 amide bonds. The first-order valence-corrected chi connectivity index (χ1v) is 10.1. The smallest absolute Gasteiger partial charge is 0.303 e. The highest BCUT2D eigenvalue weighted by Crippen LogP contribution is 2.36. The average molecular weight is 400 g/mol. The van der Waals surface area contributed by atoms with E-state index < -0.39 is 46.3 Å². The number of ether oxygens (including phenoxy) is 4. The highest BCUT2D eigenvalue weighted by Gasteiger charge is 2.53. The van der Waals surface area contributed by atoms with Crippen molar-refractivity contribution < 1.29 is 36.3 Å². The van der Waals surface area contributed by atoms with Crippen LogP contribution in [-0.2, 0) is 38.0 Å². The third-order valence-electron chi connectivity index (χ3n) is 4.39. The first kappa shape index (κ1) is 20.2. The maximum Gasteiger partial charge on any atom is 0.303 e. The van der Waals surface area contributed by atoms with Crippen molar-refractivity contribution in [1.29, 1.82) is 0 Å². The molecule has 2 aliphatic rings. The summed E-state index contributed by atoms with van der Waals surface area (Å²) in [6.07, 6.45) is -2.48. The van der Waals surface area contributed by atoms with Crippen LogP contribution >= 0.6 is 0 Å². The number of hydrogen-bond donors (Lipinski definition) is 0. The van der Waals surface area contributed by atoms with E-state index in [9.17, 15) is 13.2 Å². The summed E-state index contributed by atoms with van der Waals surface area (Å²) in [5.74, 6) is -1.36. The monoisotopic (exact) mass is 400 g/mol. The second kappa shape index (κ2) is 7.48. The van der Waals surface area contributed by atoms with Crippen molar-refractivity contribution in [3.8, 4) is 0 Å². The maximum absolute atomic E-state index is 12.4. The third-order valence-corrected chi connectivity index (χ3v) is 5.68. The SMILES string of the molecule is CC(=O)OC1COC(COS(=O)(=O)c2ccc(C)cc2)C2OC(C)(C)OC12. The summed E-state index contributed by atoms with van der Waals surface area (Å²) < 4.78 is 52.6. The van der Waals surface area contributed by atoms with Gasteiger partial charge < -0.3 is 18.9 Å². The van der Waals surface area contributed by atoms with Crippen LogP contribution in [0.5, 0.6) is 0 Å². The van der Waals surface area contributed by atoms with E-state index in [2.05, 4.69) is 0 Å². The van der Waals surface area contributed by atoms with E-state index in [1.807, 2.05) is 6.92 Å². The molecule has 1 aromatic rings. The Morgan fingerprint density at radius 3 is 2.44 bits per heavy atom. The van der Waals surface area contributed by atoms with Gasteiger partial charge in [-0.2, -0.15) is 8.42 Å². The molecule has 8 nitrogen and oxygen atoms in total. The van der Waals surface area contributed by atoms with Gasteiger partial charge in [0.2, 0.25) is 0 Å². The first-order chi connectivity index (χ1) is 12.6. The molecule has 0 bridgehead atoms. The number of esters is 1. The van der Waals surface area contributed by atoms with Crippen LogP contribution in [0.15, 0.2) is 29.2 Å². The van der Waals surface area contributed by atoms with Crippen LogP contribution in [-0.4, -0.2) is 57.8 Å². The molecule has 0 aliphatic carbocycles. The average Bonchev–Trinajstić information content (AvgIpc) is 2.90. The van der Waals surface area contributed by atoms with Crippen molar-refractivity contribution in [3.63, 3.8) is 0 Å². The van der Waals surface area contributed by atoms with Gasteiger partial charge in [-0.1, -0.05) is 17.7 Å². The summed E-state index contributed by atoms with van der Waals surface area (Å²) in [4.78, 5) is 11.4. The highest BCUT2D eigenvalue weighted by atomic mass is 32.2. The van der Waals surface area contributed by atoms with Gasteiger partial charge in [-0.25, -0.2) is 0 Å². The number of fused-ring (bicyclic) bond motifs is 1. The van der Waals surface area contributed by atoms with E-state index in [-0.39, 0.29) is 18.1 Å². The predicted molar refractivity (Wildman–Crippen MR) is 93.4 cm³/mol. The lowest BCUT2D eigenvalue weighted by Gasteiger charge is -2.35. The molecule has 0 N–H and O–H groups in total. The standard InChI is InChI=1S/C18H24O8S/c1-11-5-7-13(8-6-11)27(20,21)23-10-14-16-17(26-18(3,4)25-16)15(9-22-14)24-12(2)19/h5-8,14-17H,9-10H2,1-4H3. The molecule has 0 saturated carbocycles. The second-order valence-electron chi connectivity index (χ2n) is 7.14. The normalized spacial score (nSPS) is 29.9. The Balaban J connectivity index is 1.70. The van der Waals surface area contributed by atoms with E-state index in [0.717, 1.165) is 5.56 Å². The molecule has 3 rings (SSSR count). The van der Waals surface area contributed by atoms with Gasteiger partial charge in [0, 0.05) is 6.92 Å². The minimum absolute atomic E-state index is 0.0682. The van der Waals surface area contributed by atoms with Crippen molar-refractivity contribution in [3.05, 3.63) is 29.8 Å². The highest BCUT2D eigenvalue weighted by molar-refractivity contribution is 7.86. The number of benzene rings is 1. The van der Waals surface area contributed by atoms with Gasteiger partial charge in [0.15, 0.2) is 11.9 Å². The van der Waals surface area contributed by atoms with Crippen LogP contribution in [0, 0.1) is 6.92 Å². The predicted octanol–water partition coefficient (Wildman–Crippen LogP) is 1.55. The fourth-order valence-corrected chi connectivity index (χ4v) is 4.11. The molecule has 4 atom stereocenters. The summed E-state index contributed by atoms with van der Waals surface area (Å²) in [5, 5.41) is 0. The molecule has 0 radical (unpaired) electrons. The maximum atomic E-state index is 12.4. The fourth-order valence-electron chi connectivity index (χ4n) is 3.19. The zero-order valence-corrected chi connectivity index (χ0v) is 16.5. The van der Waals surface area contributed by atoms with E-state index in [4.69, 9.17) is 23.1 Å². The Morgan fingerprint density at radius 2 is 1.81 bits per heavy atom. The summed E-state index contributed by atoms with van der Waals surface area (Å²) in [6.45, 7) is 6.47. The molecule has 27 heavy (non-hydrogen) atoms.